The highest BCUT2D eigenvalue weighted by Gasteiger charge is 2.15. The first-order chi connectivity index (χ1) is 9.58. The summed E-state index contributed by atoms with van der Waals surface area (Å²) in [5.74, 6) is 1.27. The van der Waals surface area contributed by atoms with Crippen molar-refractivity contribution in [2.75, 3.05) is 0 Å². The van der Waals surface area contributed by atoms with Gasteiger partial charge >= 0.3 is 0 Å². The Bertz CT molecular complexity index is 772. The lowest BCUT2D eigenvalue weighted by molar-refractivity contribution is 0.471. The number of hydrogen-bond donors (Lipinski definition) is 1. The lowest BCUT2D eigenvalue weighted by Gasteiger charge is -2.13. The van der Waals surface area contributed by atoms with E-state index >= 15 is 0 Å². The molecule has 3 rings (SSSR count). The van der Waals surface area contributed by atoms with E-state index in [1.807, 2.05) is 37.3 Å². The largest absolute Gasteiger partial charge is 0.508 e. The SMILES string of the molecule is Cc1cc(-c2nc3ccccc3n2C(C)C)ccc1O. The molecule has 0 fully saturated rings. The van der Waals surface area contributed by atoms with Crippen molar-refractivity contribution in [2.45, 2.75) is 26.8 Å². The number of aryl methyl sites for hydroxylation is 1. The summed E-state index contributed by atoms with van der Waals surface area (Å²) in [7, 11) is 0. The second kappa shape index (κ2) is 4.67. The fourth-order valence-electron chi connectivity index (χ4n) is 2.57. The number of rotatable bonds is 2. The minimum absolute atomic E-state index is 0.320. The third-order valence-electron chi connectivity index (χ3n) is 3.57. The molecular weight excluding hydrogens is 248 g/mol. The Balaban J connectivity index is 2.29. The van der Waals surface area contributed by atoms with Crippen LogP contribution in [0, 0.1) is 6.92 Å². The summed E-state index contributed by atoms with van der Waals surface area (Å²) in [6.45, 7) is 6.22. The number of phenols is 1. The molecule has 0 amide bonds. The topological polar surface area (TPSA) is 38.0 Å². The van der Waals surface area contributed by atoms with E-state index in [-0.39, 0.29) is 0 Å². The maximum Gasteiger partial charge on any atom is 0.141 e. The van der Waals surface area contributed by atoms with Crippen LogP contribution in [0.4, 0.5) is 0 Å². The Labute approximate surface area is 118 Å². The van der Waals surface area contributed by atoms with Gasteiger partial charge in [0.05, 0.1) is 11.0 Å². The minimum Gasteiger partial charge on any atom is -0.508 e. The first-order valence-electron chi connectivity index (χ1n) is 6.85. The summed E-state index contributed by atoms with van der Waals surface area (Å²) >= 11 is 0. The molecule has 102 valence electrons. The Kier molecular flexibility index (Phi) is 2.97. The van der Waals surface area contributed by atoms with Crippen molar-refractivity contribution in [1.82, 2.24) is 9.55 Å². The van der Waals surface area contributed by atoms with Crippen LogP contribution in [0.25, 0.3) is 22.4 Å². The molecular formula is C17H18N2O. The minimum atomic E-state index is 0.320. The van der Waals surface area contributed by atoms with Crippen molar-refractivity contribution in [2.24, 2.45) is 0 Å². The second-order valence-electron chi connectivity index (χ2n) is 5.39. The maximum absolute atomic E-state index is 9.68. The van der Waals surface area contributed by atoms with Crippen molar-refractivity contribution in [3.05, 3.63) is 48.0 Å². The van der Waals surface area contributed by atoms with Crippen LogP contribution in [-0.4, -0.2) is 14.7 Å². The van der Waals surface area contributed by atoms with Crippen LogP contribution in [0.2, 0.25) is 0 Å². The van der Waals surface area contributed by atoms with Gasteiger partial charge in [0.25, 0.3) is 0 Å². The molecule has 3 heteroatoms. The predicted molar refractivity (Wildman–Crippen MR) is 82.0 cm³/mol. The van der Waals surface area contributed by atoms with E-state index in [2.05, 4.69) is 24.5 Å². The van der Waals surface area contributed by atoms with E-state index in [4.69, 9.17) is 4.98 Å². The molecule has 0 radical (unpaired) electrons. The lowest BCUT2D eigenvalue weighted by Crippen LogP contribution is -2.03. The van der Waals surface area contributed by atoms with Gasteiger partial charge in [0.15, 0.2) is 0 Å². The van der Waals surface area contributed by atoms with Crippen LogP contribution >= 0.6 is 0 Å². The molecule has 0 bridgehead atoms. The van der Waals surface area contributed by atoms with Gasteiger partial charge in [-0.25, -0.2) is 4.98 Å². The molecule has 0 aliphatic carbocycles. The number of aromatic hydroxyl groups is 1. The summed E-state index contributed by atoms with van der Waals surface area (Å²) in [5.41, 5.74) is 4.04. The number of aromatic nitrogens is 2. The number of benzene rings is 2. The van der Waals surface area contributed by atoms with Crippen molar-refractivity contribution in [3.63, 3.8) is 0 Å². The van der Waals surface area contributed by atoms with Crippen LogP contribution in [0.5, 0.6) is 5.75 Å². The van der Waals surface area contributed by atoms with E-state index in [1.54, 1.807) is 6.07 Å². The number of hydrogen-bond acceptors (Lipinski definition) is 2. The highest BCUT2D eigenvalue weighted by Crippen LogP contribution is 2.30. The Hall–Kier alpha value is -2.29. The van der Waals surface area contributed by atoms with Gasteiger partial charge in [0, 0.05) is 11.6 Å². The molecule has 0 unspecified atom stereocenters. The molecule has 0 spiro atoms. The molecule has 3 nitrogen and oxygen atoms in total. The quantitative estimate of drug-likeness (QED) is 0.751. The molecule has 1 aromatic heterocycles. The van der Waals surface area contributed by atoms with E-state index in [9.17, 15) is 5.11 Å². The standard InChI is InChI=1S/C17H18N2O/c1-11(2)19-15-7-5-4-6-14(15)18-17(19)13-8-9-16(20)12(3)10-13/h4-11,20H,1-3H3. The van der Waals surface area contributed by atoms with Gasteiger partial charge in [-0.05, 0) is 56.7 Å². The number of phenolic OH excluding ortho intramolecular Hbond substituents is 1. The molecule has 0 aliphatic heterocycles. The predicted octanol–water partition coefficient (Wildman–Crippen LogP) is 4.30. The normalized spacial score (nSPS) is 11.4. The zero-order valence-electron chi connectivity index (χ0n) is 12.0. The number of imidazole rings is 1. The molecule has 2 aromatic carbocycles. The number of nitrogens with zero attached hydrogens (tertiary/aromatic N) is 2. The molecule has 1 heterocycles. The van der Waals surface area contributed by atoms with Crippen LogP contribution in [0.1, 0.15) is 25.5 Å². The zero-order valence-corrected chi connectivity index (χ0v) is 12.0. The first-order valence-corrected chi connectivity index (χ1v) is 6.85. The second-order valence-corrected chi connectivity index (χ2v) is 5.39. The summed E-state index contributed by atoms with van der Waals surface area (Å²) in [6.07, 6.45) is 0. The van der Waals surface area contributed by atoms with Crippen LogP contribution in [0.3, 0.4) is 0 Å². The van der Waals surface area contributed by atoms with Crippen LogP contribution in [-0.2, 0) is 0 Å². The monoisotopic (exact) mass is 266 g/mol. The molecule has 0 atom stereocenters. The molecule has 0 aliphatic rings. The third-order valence-corrected chi connectivity index (χ3v) is 3.57. The summed E-state index contributed by atoms with van der Waals surface area (Å²) < 4.78 is 2.24. The maximum atomic E-state index is 9.68. The molecule has 0 saturated heterocycles. The van der Waals surface area contributed by atoms with Crippen molar-refractivity contribution in [3.8, 4) is 17.1 Å². The lowest BCUT2D eigenvalue weighted by atomic mass is 10.1. The summed E-state index contributed by atoms with van der Waals surface area (Å²) in [6, 6.07) is 14.1. The molecule has 0 saturated carbocycles. The molecule has 20 heavy (non-hydrogen) atoms. The smallest absolute Gasteiger partial charge is 0.141 e. The van der Waals surface area contributed by atoms with Gasteiger partial charge in [-0.15, -0.1) is 0 Å². The van der Waals surface area contributed by atoms with Crippen molar-refractivity contribution < 1.29 is 5.11 Å². The van der Waals surface area contributed by atoms with Gasteiger partial charge in [-0.3, -0.25) is 0 Å². The van der Waals surface area contributed by atoms with Gasteiger partial charge in [0.2, 0.25) is 0 Å². The van der Waals surface area contributed by atoms with Gasteiger partial charge < -0.3 is 9.67 Å². The Morgan fingerprint density at radius 2 is 1.85 bits per heavy atom. The van der Waals surface area contributed by atoms with E-state index in [1.165, 1.54) is 0 Å². The first kappa shape index (κ1) is 12.7. The van der Waals surface area contributed by atoms with E-state index < -0.39 is 0 Å². The highest BCUT2D eigenvalue weighted by molar-refractivity contribution is 5.81. The summed E-state index contributed by atoms with van der Waals surface area (Å²) in [5, 5.41) is 9.68. The van der Waals surface area contributed by atoms with Crippen LogP contribution in [0.15, 0.2) is 42.5 Å². The van der Waals surface area contributed by atoms with Gasteiger partial charge in [-0.1, -0.05) is 12.1 Å². The third kappa shape index (κ3) is 1.95. The average molecular weight is 266 g/mol. The van der Waals surface area contributed by atoms with Gasteiger partial charge in [0.1, 0.15) is 11.6 Å². The highest BCUT2D eigenvalue weighted by atomic mass is 16.3. The zero-order chi connectivity index (χ0) is 14.3. The Morgan fingerprint density at radius 1 is 1.10 bits per heavy atom. The van der Waals surface area contributed by atoms with Crippen molar-refractivity contribution >= 4 is 11.0 Å². The van der Waals surface area contributed by atoms with E-state index in [0.29, 0.717) is 11.8 Å². The fourth-order valence-corrected chi connectivity index (χ4v) is 2.57. The van der Waals surface area contributed by atoms with Gasteiger partial charge in [-0.2, -0.15) is 0 Å². The summed E-state index contributed by atoms with van der Waals surface area (Å²) in [4.78, 5) is 4.76. The number of fused-ring (bicyclic) bond motifs is 1. The van der Waals surface area contributed by atoms with Crippen molar-refractivity contribution in [1.29, 1.82) is 0 Å². The number of para-hydroxylation sites is 2. The molecule has 3 aromatic rings. The van der Waals surface area contributed by atoms with E-state index in [0.717, 1.165) is 28.0 Å². The fraction of sp³-hybridized carbons (Fsp3) is 0.235. The van der Waals surface area contributed by atoms with Crippen LogP contribution < -0.4 is 0 Å². The molecule has 1 N–H and O–H groups in total. The average Bonchev–Trinajstić information content (AvgIpc) is 2.81. The Morgan fingerprint density at radius 3 is 2.55 bits per heavy atom.